The number of aromatic nitrogens is 4. The molecule has 16 heteroatoms. The van der Waals surface area contributed by atoms with E-state index in [1.165, 1.54) is 20.0 Å². The summed E-state index contributed by atoms with van der Waals surface area (Å²) >= 11 is 0. The van der Waals surface area contributed by atoms with Crippen molar-refractivity contribution in [1.82, 2.24) is 29.1 Å². The van der Waals surface area contributed by atoms with Crippen LogP contribution in [0.1, 0.15) is 74.7 Å². The molecule has 1 unspecified atom stereocenters. The van der Waals surface area contributed by atoms with Gasteiger partial charge in [-0.05, 0) is 56.6 Å². The van der Waals surface area contributed by atoms with Gasteiger partial charge in [-0.3, -0.25) is 38.9 Å². The number of nitrogens with zero attached hydrogens (tertiary/aromatic N) is 5. The highest BCUT2D eigenvalue weighted by Gasteiger charge is 2.34. The minimum atomic E-state index is -2.90. The van der Waals surface area contributed by atoms with Gasteiger partial charge in [-0.15, -0.1) is 0 Å². The first-order chi connectivity index (χ1) is 23.5. The number of hydrogen-bond acceptors (Lipinski definition) is 7. The van der Waals surface area contributed by atoms with E-state index in [9.17, 15) is 28.0 Å². The summed E-state index contributed by atoms with van der Waals surface area (Å²) in [6.07, 6.45) is -0.910. The van der Waals surface area contributed by atoms with E-state index in [0.717, 1.165) is 12.8 Å². The van der Waals surface area contributed by atoms with Gasteiger partial charge < -0.3 is 9.84 Å². The highest BCUT2D eigenvalue weighted by Crippen LogP contribution is 2.35. The number of anilines is 1. The first-order valence-electron chi connectivity index (χ1n) is 16.4. The van der Waals surface area contributed by atoms with Crippen LogP contribution >= 0.6 is 0 Å². The molecule has 3 aliphatic rings. The predicted octanol–water partition coefficient (Wildman–Crippen LogP) is 3.75. The molecular formula is C33H38F3N7O6. The number of amides is 3. The van der Waals surface area contributed by atoms with Crippen LogP contribution in [0.4, 0.5) is 23.7 Å². The molecule has 6 rings (SSSR count). The number of fused-ring (bicyclic) bond motifs is 1. The summed E-state index contributed by atoms with van der Waals surface area (Å²) in [4.78, 5) is 50.3. The summed E-state index contributed by atoms with van der Waals surface area (Å²) in [5.74, 6) is 5.42. The van der Waals surface area contributed by atoms with Crippen molar-refractivity contribution in [2.45, 2.75) is 75.7 Å². The molecule has 0 bridgehead atoms. The Morgan fingerprint density at radius 1 is 1.16 bits per heavy atom. The van der Waals surface area contributed by atoms with Crippen molar-refractivity contribution in [2.24, 2.45) is 13.0 Å². The molecular weight excluding hydrogens is 647 g/mol. The predicted molar refractivity (Wildman–Crippen MR) is 171 cm³/mol. The highest BCUT2D eigenvalue weighted by atomic mass is 19.3. The van der Waals surface area contributed by atoms with Crippen LogP contribution in [0.5, 0.6) is 0 Å². The Morgan fingerprint density at radius 2 is 1.94 bits per heavy atom. The number of imidazole rings is 1. The SMILES string of the molecule is Cn1c(=O)n(C2CCC(=O)NC2=O)c2cccc(C#CCO[C@H]3CCN(CC4CCC(n5cc(NC(=O)O)c(C(F)F)n5)CC4)C[C@@H]3F)c21. The lowest BCUT2D eigenvalue weighted by Gasteiger charge is -2.38. The first-order valence-corrected chi connectivity index (χ1v) is 16.4. The number of aryl methyl sites for hydroxylation is 1. The van der Waals surface area contributed by atoms with Crippen molar-refractivity contribution >= 4 is 34.6 Å². The number of alkyl halides is 3. The minimum absolute atomic E-state index is 0.00230. The van der Waals surface area contributed by atoms with Crippen LogP contribution in [-0.2, 0) is 21.4 Å². The lowest BCUT2D eigenvalue weighted by Crippen LogP contribution is -2.47. The Hall–Kier alpha value is -4.62. The maximum atomic E-state index is 15.2. The monoisotopic (exact) mass is 685 g/mol. The Kier molecular flexibility index (Phi) is 10.1. The molecule has 2 aromatic heterocycles. The zero-order chi connectivity index (χ0) is 34.8. The van der Waals surface area contributed by atoms with Crippen LogP contribution in [0.3, 0.4) is 0 Å². The third-order valence-electron chi connectivity index (χ3n) is 9.70. The van der Waals surface area contributed by atoms with Crippen LogP contribution in [0.2, 0.25) is 0 Å². The first kappa shape index (κ1) is 34.3. The second-order valence-electron chi connectivity index (χ2n) is 12.9. The molecule has 1 saturated carbocycles. The number of ether oxygens (including phenoxy) is 1. The third kappa shape index (κ3) is 7.37. The number of rotatable bonds is 8. The van der Waals surface area contributed by atoms with Crippen LogP contribution < -0.4 is 16.3 Å². The van der Waals surface area contributed by atoms with Crippen molar-refractivity contribution in [3.63, 3.8) is 0 Å². The molecule has 3 fully saturated rings. The zero-order valence-corrected chi connectivity index (χ0v) is 26.9. The van der Waals surface area contributed by atoms with Gasteiger partial charge in [-0.2, -0.15) is 5.10 Å². The molecule has 0 spiro atoms. The molecule has 2 aliphatic heterocycles. The van der Waals surface area contributed by atoms with Gasteiger partial charge in [0.1, 0.15) is 18.8 Å². The number of nitrogens with one attached hydrogen (secondary N) is 2. The quantitative estimate of drug-likeness (QED) is 0.240. The van der Waals surface area contributed by atoms with Crippen LogP contribution in [0.15, 0.2) is 29.2 Å². The lowest BCUT2D eigenvalue weighted by atomic mass is 9.85. The normalized spacial score (nSPS) is 24.9. The minimum Gasteiger partial charge on any atom is -0.465 e. The fourth-order valence-corrected chi connectivity index (χ4v) is 7.27. The van der Waals surface area contributed by atoms with Gasteiger partial charge >= 0.3 is 11.8 Å². The highest BCUT2D eigenvalue weighted by molar-refractivity contribution is 6.00. The zero-order valence-electron chi connectivity index (χ0n) is 26.9. The Balaban J connectivity index is 0.995. The number of para-hydroxylation sites is 1. The van der Waals surface area contributed by atoms with Crippen molar-refractivity contribution < 1.29 is 37.4 Å². The summed E-state index contributed by atoms with van der Waals surface area (Å²) in [6.45, 7) is 1.61. The summed E-state index contributed by atoms with van der Waals surface area (Å²) in [5, 5.41) is 17.2. The van der Waals surface area contributed by atoms with E-state index < -0.39 is 42.4 Å². The van der Waals surface area contributed by atoms with Crippen molar-refractivity contribution in [1.29, 1.82) is 0 Å². The fourth-order valence-electron chi connectivity index (χ4n) is 7.27. The van der Waals surface area contributed by atoms with Gasteiger partial charge in [-0.1, -0.05) is 17.9 Å². The number of carbonyl (C=O) groups excluding carboxylic acids is 2. The number of piperidine rings is 2. The molecule has 1 aromatic carbocycles. The smallest absolute Gasteiger partial charge is 0.409 e. The van der Waals surface area contributed by atoms with Crippen molar-refractivity contribution in [3.8, 4) is 11.8 Å². The van der Waals surface area contributed by atoms with Gasteiger partial charge in [0.15, 0.2) is 5.69 Å². The Morgan fingerprint density at radius 3 is 2.63 bits per heavy atom. The number of carboxylic acid groups (broad SMARTS) is 1. The summed E-state index contributed by atoms with van der Waals surface area (Å²) in [5.41, 5.74) is 0.469. The summed E-state index contributed by atoms with van der Waals surface area (Å²) in [6, 6.07) is 4.32. The molecule has 3 N–H and O–H groups in total. The van der Waals surface area contributed by atoms with Gasteiger partial charge in [0.2, 0.25) is 11.8 Å². The third-order valence-corrected chi connectivity index (χ3v) is 9.70. The molecule has 1 aliphatic carbocycles. The van der Waals surface area contributed by atoms with E-state index in [1.54, 1.807) is 25.2 Å². The average molecular weight is 686 g/mol. The molecule has 0 radical (unpaired) electrons. The standard InChI is InChI=1S/C33H38F3N7O6/c1-40-29-20(4-2-6-24(29)43(33(40)48)25-11-12-27(44)38-31(25)45)5-3-15-49-26-13-14-41(17-22(26)34)16-19-7-9-21(10-8-19)42-18-23(37-32(46)47)28(39-42)30(35)36/h2,4,6,18-19,21-22,25-26,30,37H,7-17H2,1H3,(H,46,47)(H,38,44,45)/t19?,21?,22-,25?,26-/m0/s1. The molecule has 3 aromatic rings. The van der Waals surface area contributed by atoms with Gasteiger partial charge in [0.25, 0.3) is 6.43 Å². The number of likely N-dealkylation sites (tertiary alicyclic amines) is 1. The van der Waals surface area contributed by atoms with Gasteiger partial charge in [0.05, 0.1) is 34.4 Å². The average Bonchev–Trinajstić information content (AvgIpc) is 3.59. The summed E-state index contributed by atoms with van der Waals surface area (Å²) in [7, 11) is 1.60. The lowest BCUT2D eigenvalue weighted by molar-refractivity contribution is -0.135. The second kappa shape index (κ2) is 14.5. The fraction of sp³-hybridized carbons (Fsp3) is 0.545. The van der Waals surface area contributed by atoms with E-state index in [4.69, 9.17) is 9.84 Å². The largest absolute Gasteiger partial charge is 0.465 e. The van der Waals surface area contributed by atoms with E-state index in [1.807, 2.05) is 5.32 Å². The van der Waals surface area contributed by atoms with Gasteiger partial charge in [0, 0.05) is 39.3 Å². The molecule has 49 heavy (non-hydrogen) atoms. The maximum absolute atomic E-state index is 15.2. The van der Waals surface area contributed by atoms with Crippen LogP contribution in [0, 0.1) is 17.8 Å². The molecule has 13 nitrogen and oxygen atoms in total. The number of imide groups is 1. The number of carbonyl (C=O) groups is 3. The van der Waals surface area contributed by atoms with E-state index >= 15 is 4.39 Å². The van der Waals surface area contributed by atoms with E-state index in [0.29, 0.717) is 54.9 Å². The van der Waals surface area contributed by atoms with E-state index in [-0.39, 0.29) is 49.3 Å². The molecule has 3 amide bonds. The molecule has 262 valence electrons. The van der Waals surface area contributed by atoms with E-state index in [2.05, 4.69) is 27.2 Å². The number of benzene rings is 1. The second-order valence-corrected chi connectivity index (χ2v) is 12.9. The van der Waals surface area contributed by atoms with Crippen LogP contribution in [-0.4, -0.2) is 85.3 Å². The van der Waals surface area contributed by atoms with Crippen molar-refractivity contribution in [2.75, 3.05) is 31.6 Å². The molecule has 4 heterocycles. The maximum Gasteiger partial charge on any atom is 0.409 e. The molecule has 2 saturated heterocycles. The topological polar surface area (TPSA) is 153 Å². The van der Waals surface area contributed by atoms with Crippen molar-refractivity contribution in [3.05, 3.63) is 46.1 Å². The Labute approximate surface area is 279 Å². The van der Waals surface area contributed by atoms with Gasteiger partial charge in [-0.25, -0.2) is 22.8 Å². The summed E-state index contributed by atoms with van der Waals surface area (Å²) < 4.78 is 52.0. The number of hydrogen-bond donors (Lipinski definition) is 3. The molecule has 3 atom stereocenters. The van der Waals surface area contributed by atoms with Crippen LogP contribution in [0.25, 0.3) is 11.0 Å². The number of halogens is 3. The Bertz CT molecular complexity index is 1850.